The Morgan fingerprint density at radius 2 is 1.96 bits per heavy atom. The molecule has 1 amide bonds. The molecule has 1 saturated heterocycles. The number of benzene rings is 1. The molecule has 1 aromatic carbocycles. The van der Waals surface area contributed by atoms with E-state index in [1.54, 1.807) is 0 Å². The van der Waals surface area contributed by atoms with E-state index in [2.05, 4.69) is 32.2 Å². The van der Waals surface area contributed by atoms with E-state index >= 15 is 0 Å². The van der Waals surface area contributed by atoms with Crippen molar-refractivity contribution in [1.29, 1.82) is 0 Å². The Hall–Kier alpha value is -2.25. The van der Waals surface area contributed by atoms with Crippen molar-refractivity contribution >= 4 is 11.6 Å². The highest BCUT2D eigenvalue weighted by Gasteiger charge is 2.31. The third kappa shape index (κ3) is 3.37. The van der Waals surface area contributed by atoms with Crippen LogP contribution in [0.5, 0.6) is 0 Å². The molecule has 0 bridgehead atoms. The average molecular weight is 354 g/mol. The first-order valence-corrected chi connectivity index (χ1v) is 9.35. The highest BCUT2D eigenvalue weighted by molar-refractivity contribution is 5.95. The standard InChI is InChI=1S/C19H26N6O/c1-24-17(22-23-19(24)14-9-15(20)10-14)12-21-11-13-4-6-16(7-5-13)25-8-2-3-18(25)26/h4-7,14-15,21H,2-3,8-12,20H2,1H3. The van der Waals surface area contributed by atoms with Gasteiger partial charge in [0.2, 0.25) is 5.91 Å². The molecular weight excluding hydrogens is 328 g/mol. The van der Waals surface area contributed by atoms with Crippen LogP contribution in [0, 0.1) is 0 Å². The molecule has 2 heterocycles. The lowest BCUT2D eigenvalue weighted by atomic mass is 9.80. The second-order valence-electron chi connectivity index (χ2n) is 7.38. The van der Waals surface area contributed by atoms with E-state index in [1.165, 1.54) is 5.56 Å². The van der Waals surface area contributed by atoms with Gasteiger partial charge in [0.15, 0.2) is 0 Å². The summed E-state index contributed by atoms with van der Waals surface area (Å²) in [5, 5.41) is 12.1. The van der Waals surface area contributed by atoms with Crippen molar-refractivity contribution in [1.82, 2.24) is 20.1 Å². The molecule has 0 unspecified atom stereocenters. The van der Waals surface area contributed by atoms with Crippen LogP contribution in [0.25, 0.3) is 0 Å². The van der Waals surface area contributed by atoms with Crippen molar-refractivity contribution in [3.63, 3.8) is 0 Å². The van der Waals surface area contributed by atoms with Crippen LogP contribution in [-0.4, -0.2) is 33.3 Å². The van der Waals surface area contributed by atoms with Gasteiger partial charge in [0.1, 0.15) is 11.6 Å². The minimum atomic E-state index is 0.224. The number of nitrogens with two attached hydrogens (primary N) is 1. The fourth-order valence-corrected chi connectivity index (χ4v) is 3.79. The Morgan fingerprint density at radius 3 is 2.62 bits per heavy atom. The summed E-state index contributed by atoms with van der Waals surface area (Å²) in [6.45, 7) is 2.26. The van der Waals surface area contributed by atoms with E-state index in [0.717, 1.165) is 49.7 Å². The Labute approximate surface area is 153 Å². The van der Waals surface area contributed by atoms with Gasteiger partial charge in [-0.05, 0) is 37.0 Å². The van der Waals surface area contributed by atoms with Crippen LogP contribution in [0.15, 0.2) is 24.3 Å². The summed E-state index contributed by atoms with van der Waals surface area (Å²) in [6, 6.07) is 8.52. The van der Waals surface area contributed by atoms with Gasteiger partial charge in [0.05, 0.1) is 6.54 Å². The fraction of sp³-hybridized carbons (Fsp3) is 0.526. The summed E-state index contributed by atoms with van der Waals surface area (Å²) >= 11 is 0. The smallest absolute Gasteiger partial charge is 0.227 e. The van der Waals surface area contributed by atoms with Crippen molar-refractivity contribution in [3.05, 3.63) is 41.5 Å². The maximum Gasteiger partial charge on any atom is 0.227 e. The van der Waals surface area contributed by atoms with E-state index in [0.29, 0.717) is 24.9 Å². The number of amides is 1. The van der Waals surface area contributed by atoms with Gasteiger partial charge in [-0.2, -0.15) is 0 Å². The summed E-state index contributed by atoms with van der Waals surface area (Å²) in [5.74, 6) is 2.67. The Morgan fingerprint density at radius 1 is 1.19 bits per heavy atom. The molecule has 7 heteroatoms. The van der Waals surface area contributed by atoms with E-state index in [4.69, 9.17) is 5.73 Å². The molecule has 1 aliphatic carbocycles. The Balaban J connectivity index is 1.30. The summed E-state index contributed by atoms with van der Waals surface area (Å²) in [4.78, 5) is 13.7. The van der Waals surface area contributed by atoms with Crippen LogP contribution < -0.4 is 16.0 Å². The number of rotatable bonds is 6. The number of aromatic nitrogens is 3. The molecule has 1 saturated carbocycles. The minimum Gasteiger partial charge on any atom is -0.328 e. The molecule has 2 aromatic rings. The molecule has 0 radical (unpaired) electrons. The highest BCUT2D eigenvalue weighted by atomic mass is 16.2. The second-order valence-corrected chi connectivity index (χ2v) is 7.38. The average Bonchev–Trinajstić information content (AvgIpc) is 3.19. The molecule has 2 aliphatic rings. The summed E-state index contributed by atoms with van der Waals surface area (Å²) in [5.41, 5.74) is 8.06. The zero-order valence-electron chi connectivity index (χ0n) is 15.2. The van der Waals surface area contributed by atoms with Crippen molar-refractivity contribution in [2.75, 3.05) is 11.4 Å². The van der Waals surface area contributed by atoms with Gasteiger partial charge in [0.25, 0.3) is 0 Å². The fourth-order valence-electron chi connectivity index (χ4n) is 3.79. The normalized spacial score (nSPS) is 22.7. The molecule has 3 N–H and O–H groups in total. The van der Waals surface area contributed by atoms with Gasteiger partial charge in [-0.1, -0.05) is 12.1 Å². The van der Waals surface area contributed by atoms with Crippen LogP contribution in [0.1, 0.15) is 48.8 Å². The van der Waals surface area contributed by atoms with Gasteiger partial charge >= 0.3 is 0 Å². The summed E-state index contributed by atoms with van der Waals surface area (Å²) in [6.07, 6.45) is 3.63. The largest absolute Gasteiger partial charge is 0.328 e. The minimum absolute atomic E-state index is 0.224. The van der Waals surface area contributed by atoms with Crippen LogP contribution in [-0.2, 0) is 24.9 Å². The quantitative estimate of drug-likeness (QED) is 0.819. The molecular formula is C19H26N6O. The lowest BCUT2D eigenvalue weighted by molar-refractivity contribution is -0.117. The van der Waals surface area contributed by atoms with E-state index in [-0.39, 0.29) is 5.91 Å². The third-order valence-electron chi connectivity index (χ3n) is 5.47. The zero-order valence-corrected chi connectivity index (χ0v) is 15.2. The molecule has 7 nitrogen and oxygen atoms in total. The Bertz CT molecular complexity index is 778. The number of nitrogens with zero attached hydrogens (tertiary/aromatic N) is 4. The lowest BCUT2D eigenvalue weighted by Gasteiger charge is -2.31. The van der Waals surface area contributed by atoms with Gasteiger partial charge in [0, 0.05) is 44.2 Å². The molecule has 2 fully saturated rings. The molecule has 138 valence electrons. The van der Waals surface area contributed by atoms with E-state index in [9.17, 15) is 4.79 Å². The van der Waals surface area contributed by atoms with Crippen molar-refractivity contribution in [2.45, 2.75) is 50.7 Å². The highest BCUT2D eigenvalue weighted by Crippen LogP contribution is 2.34. The topological polar surface area (TPSA) is 89.1 Å². The van der Waals surface area contributed by atoms with Crippen LogP contribution in [0.3, 0.4) is 0 Å². The first-order valence-electron chi connectivity index (χ1n) is 9.35. The third-order valence-corrected chi connectivity index (χ3v) is 5.47. The van der Waals surface area contributed by atoms with Gasteiger partial charge in [-0.25, -0.2) is 0 Å². The molecule has 4 rings (SSSR count). The van der Waals surface area contributed by atoms with Crippen molar-refractivity contribution < 1.29 is 4.79 Å². The maximum atomic E-state index is 11.8. The van der Waals surface area contributed by atoms with Crippen molar-refractivity contribution in [2.24, 2.45) is 12.8 Å². The molecule has 0 spiro atoms. The number of nitrogens with one attached hydrogen (secondary N) is 1. The number of hydrogen-bond acceptors (Lipinski definition) is 5. The number of anilines is 1. The second kappa shape index (κ2) is 7.17. The monoisotopic (exact) mass is 354 g/mol. The first kappa shape index (κ1) is 17.2. The van der Waals surface area contributed by atoms with Crippen LogP contribution in [0.2, 0.25) is 0 Å². The zero-order chi connectivity index (χ0) is 18.1. The summed E-state index contributed by atoms with van der Waals surface area (Å²) in [7, 11) is 2.03. The van der Waals surface area contributed by atoms with Crippen LogP contribution in [0.4, 0.5) is 5.69 Å². The van der Waals surface area contributed by atoms with E-state index < -0.39 is 0 Å². The lowest BCUT2D eigenvalue weighted by Crippen LogP contribution is -2.36. The first-order chi connectivity index (χ1) is 12.6. The SMILES string of the molecule is Cn1c(CNCc2ccc(N3CCCC3=O)cc2)nnc1C1CC(N)C1. The van der Waals surface area contributed by atoms with Gasteiger partial charge < -0.3 is 20.5 Å². The van der Waals surface area contributed by atoms with Crippen molar-refractivity contribution in [3.8, 4) is 0 Å². The van der Waals surface area contributed by atoms with Gasteiger partial charge in [-0.3, -0.25) is 4.79 Å². The van der Waals surface area contributed by atoms with E-state index in [1.807, 2.05) is 24.1 Å². The Kier molecular flexibility index (Phi) is 4.74. The number of carbonyl (C=O) groups is 1. The van der Waals surface area contributed by atoms with Gasteiger partial charge in [-0.15, -0.1) is 10.2 Å². The van der Waals surface area contributed by atoms with Crippen LogP contribution >= 0.6 is 0 Å². The molecule has 26 heavy (non-hydrogen) atoms. The molecule has 1 aliphatic heterocycles. The number of carbonyl (C=O) groups excluding carboxylic acids is 1. The summed E-state index contributed by atoms with van der Waals surface area (Å²) < 4.78 is 2.09. The number of hydrogen-bond donors (Lipinski definition) is 2. The molecule has 1 aromatic heterocycles. The predicted octanol–water partition coefficient (Wildman–Crippen LogP) is 1.44. The predicted molar refractivity (Wildman–Crippen MR) is 99.5 cm³/mol. The maximum absolute atomic E-state index is 11.8. The molecule has 0 atom stereocenters.